The third-order valence-electron chi connectivity index (χ3n) is 3.53. The van der Waals surface area contributed by atoms with Crippen molar-refractivity contribution < 1.29 is 9.59 Å². The van der Waals surface area contributed by atoms with Crippen molar-refractivity contribution in [1.29, 1.82) is 0 Å². The highest BCUT2D eigenvalue weighted by Gasteiger charge is 2.19. The number of aromatic nitrogens is 2. The minimum absolute atomic E-state index is 0.0921. The number of fused-ring (bicyclic) bond motifs is 1. The normalized spacial score (nSPS) is 11.1. The summed E-state index contributed by atoms with van der Waals surface area (Å²) in [6, 6.07) is 0. The Morgan fingerprint density at radius 3 is 2.56 bits per heavy atom. The van der Waals surface area contributed by atoms with Crippen molar-refractivity contribution in [3.8, 4) is 0 Å². The number of nitrogens with zero attached hydrogens (tertiary/aromatic N) is 2. The molecule has 136 valence electrons. The number of carbonyl (C=O) groups is 2. The van der Waals surface area contributed by atoms with E-state index in [0.717, 1.165) is 0 Å². The zero-order valence-corrected chi connectivity index (χ0v) is 15.7. The molecule has 0 aliphatic carbocycles. The number of H-pyrrole nitrogens is 1. The number of rotatable bonds is 7. The summed E-state index contributed by atoms with van der Waals surface area (Å²) in [4.78, 5) is 45.7. The highest BCUT2D eigenvalue weighted by Crippen LogP contribution is 2.26. The van der Waals surface area contributed by atoms with Crippen LogP contribution in [-0.2, 0) is 11.3 Å². The molecule has 2 aromatic heterocycles. The van der Waals surface area contributed by atoms with E-state index in [1.165, 1.54) is 18.3 Å². The Morgan fingerprint density at radius 2 is 1.92 bits per heavy atom. The lowest BCUT2D eigenvalue weighted by molar-refractivity contribution is -0.118. The number of hydrogen-bond donors (Lipinski definition) is 3. The van der Waals surface area contributed by atoms with E-state index >= 15 is 0 Å². The topological polar surface area (TPSA) is 107 Å². The molecule has 2 aromatic rings. The molecule has 0 aliphatic heterocycles. The van der Waals surface area contributed by atoms with Crippen LogP contribution in [0.25, 0.3) is 10.2 Å². The number of aryl methyl sites for hydroxylation is 1. The smallest absolute Gasteiger partial charge is 0.261 e. The molecule has 0 saturated carbocycles. The summed E-state index contributed by atoms with van der Waals surface area (Å²) in [5.41, 5.74) is 0.421. The van der Waals surface area contributed by atoms with E-state index < -0.39 is 0 Å². The number of thiophene rings is 1. The highest BCUT2D eigenvalue weighted by molar-refractivity contribution is 7.20. The Hall–Kier alpha value is -2.26. The number of aromatic amines is 1. The number of carbonyl (C=O) groups excluding carboxylic acids is 2. The minimum Gasteiger partial charge on any atom is -0.356 e. The molecular formula is C16H23N5O3S. The van der Waals surface area contributed by atoms with Gasteiger partial charge in [-0.1, -0.05) is 0 Å². The summed E-state index contributed by atoms with van der Waals surface area (Å²) in [6.07, 6.45) is 0.640. The second-order valence-electron chi connectivity index (χ2n) is 6.08. The van der Waals surface area contributed by atoms with Crippen molar-refractivity contribution in [1.82, 2.24) is 25.5 Å². The fraction of sp³-hybridized carbons (Fsp3) is 0.500. The molecule has 0 unspecified atom stereocenters. The molecule has 0 aromatic carbocycles. The van der Waals surface area contributed by atoms with Crippen LogP contribution in [0.2, 0.25) is 0 Å². The lowest BCUT2D eigenvalue weighted by Crippen LogP contribution is -2.28. The minimum atomic E-state index is -0.225. The molecule has 0 radical (unpaired) electrons. The molecule has 9 heteroatoms. The number of hydrogen-bond acceptors (Lipinski definition) is 6. The monoisotopic (exact) mass is 365 g/mol. The predicted octanol–water partition coefficient (Wildman–Crippen LogP) is 0.611. The van der Waals surface area contributed by atoms with Crippen molar-refractivity contribution in [3.63, 3.8) is 0 Å². The molecule has 0 saturated heterocycles. The molecule has 25 heavy (non-hydrogen) atoms. The summed E-state index contributed by atoms with van der Waals surface area (Å²) in [5, 5.41) is 5.96. The molecule has 8 nitrogen and oxygen atoms in total. The zero-order valence-electron chi connectivity index (χ0n) is 14.9. The van der Waals surface area contributed by atoms with Crippen LogP contribution in [0.4, 0.5) is 0 Å². The maximum absolute atomic E-state index is 12.4. The Kier molecular flexibility index (Phi) is 6.27. The van der Waals surface area contributed by atoms with Crippen molar-refractivity contribution >= 4 is 33.4 Å². The Balaban J connectivity index is 2.14. The van der Waals surface area contributed by atoms with Crippen LogP contribution in [0.5, 0.6) is 0 Å². The fourth-order valence-electron chi connectivity index (χ4n) is 2.41. The van der Waals surface area contributed by atoms with Gasteiger partial charge in [-0.15, -0.1) is 11.3 Å². The average Bonchev–Trinajstić information content (AvgIpc) is 2.83. The standard InChI is InChI=1S/C16H23N5O3S/c1-9-12-14(23)19-11(8-21(3)4)20-16(12)25-13(9)15(24)18-7-5-6-17-10(2)22/h5-8H2,1-4H3,(H,17,22)(H,18,24)(H,19,20,23). The van der Waals surface area contributed by atoms with Crippen LogP contribution in [0.3, 0.4) is 0 Å². The second-order valence-corrected chi connectivity index (χ2v) is 7.08. The summed E-state index contributed by atoms with van der Waals surface area (Å²) in [6.45, 7) is 4.69. The van der Waals surface area contributed by atoms with Gasteiger partial charge in [-0.25, -0.2) is 4.98 Å². The van der Waals surface area contributed by atoms with E-state index in [4.69, 9.17) is 0 Å². The summed E-state index contributed by atoms with van der Waals surface area (Å²) in [7, 11) is 3.79. The van der Waals surface area contributed by atoms with E-state index in [-0.39, 0.29) is 17.4 Å². The summed E-state index contributed by atoms with van der Waals surface area (Å²) in [5.74, 6) is 0.258. The molecule has 3 N–H and O–H groups in total. The maximum atomic E-state index is 12.4. The molecule has 0 aliphatic rings. The number of nitrogens with one attached hydrogen (secondary N) is 3. The SMILES string of the molecule is CC(=O)NCCCNC(=O)c1sc2nc(CN(C)C)[nH]c(=O)c2c1C. The van der Waals surface area contributed by atoms with Gasteiger partial charge in [0.15, 0.2) is 0 Å². The van der Waals surface area contributed by atoms with E-state index in [0.29, 0.717) is 52.5 Å². The molecule has 0 fully saturated rings. The van der Waals surface area contributed by atoms with Crippen LogP contribution in [0.1, 0.15) is 34.4 Å². The second kappa shape index (κ2) is 8.21. The van der Waals surface area contributed by atoms with Crippen LogP contribution >= 0.6 is 11.3 Å². The number of amides is 2. The lowest BCUT2D eigenvalue weighted by atomic mass is 10.2. The molecule has 0 bridgehead atoms. The fourth-order valence-corrected chi connectivity index (χ4v) is 3.53. The summed E-state index contributed by atoms with van der Waals surface area (Å²) >= 11 is 1.22. The van der Waals surface area contributed by atoms with Gasteiger partial charge in [0.05, 0.1) is 16.8 Å². The van der Waals surface area contributed by atoms with Gasteiger partial charge in [-0.3, -0.25) is 14.4 Å². The summed E-state index contributed by atoms with van der Waals surface area (Å²) < 4.78 is 0. The third kappa shape index (κ3) is 4.86. The van der Waals surface area contributed by atoms with Gasteiger partial charge in [0, 0.05) is 20.0 Å². The van der Waals surface area contributed by atoms with Gasteiger partial charge in [-0.2, -0.15) is 0 Å². The van der Waals surface area contributed by atoms with Gasteiger partial charge in [0.25, 0.3) is 11.5 Å². The molecule has 0 spiro atoms. The average molecular weight is 365 g/mol. The Bertz CT molecular complexity index is 840. The molecule has 2 heterocycles. The molecular weight excluding hydrogens is 342 g/mol. The molecule has 0 atom stereocenters. The highest BCUT2D eigenvalue weighted by atomic mass is 32.1. The van der Waals surface area contributed by atoms with Crippen molar-refractivity contribution in [2.24, 2.45) is 0 Å². The van der Waals surface area contributed by atoms with Crippen LogP contribution in [0.15, 0.2) is 4.79 Å². The van der Waals surface area contributed by atoms with Crippen molar-refractivity contribution in [2.45, 2.75) is 26.8 Å². The van der Waals surface area contributed by atoms with Gasteiger partial charge >= 0.3 is 0 Å². The van der Waals surface area contributed by atoms with Gasteiger partial charge in [-0.05, 0) is 33.0 Å². The van der Waals surface area contributed by atoms with Crippen LogP contribution in [0, 0.1) is 6.92 Å². The first-order chi connectivity index (χ1) is 11.8. The first-order valence-electron chi connectivity index (χ1n) is 7.99. The van der Waals surface area contributed by atoms with E-state index in [1.807, 2.05) is 19.0 Å². The van der Waals surface area contributed by atoms with Gasteiger partial charge < -0.3 is 20.5 Å². The van der Waals surface area contributed by atoms with E-state index in [2.05, 4.69) is 20.6 Å². The predicted molar refractivity (Wildman–Crippen MR) is 98.0 cm³/mol. The van der Waals surface area contributed by atoms with E-state index in [1.54, 1.807) is 6.92 Å². The quantitative estimate of drug-likeness (QED) is 0.623. The zero-order chi connectivity index (χ0) is 18.6. The van der Waals surface area contributed by atoms with Gasteiger partial charge in [0.1, 0.15) is 10.7 Å². The van der Waals surface area contributed by atoms with Gasteiger partial charge in [0.2, 0.25) is 5.91 Å². The third-order valence-corrected chi connectivity index (χ3v) is 4.72. The molecule has 2 rings (SSSR count). The lowest BCUT2D eigenvalue weighted by Gasteiger charge is -2.07. The first-order valence-corrected chi connectivity index (χ1v) is 8.81. The Labute approximate surface area is 149 Å². The maximum Gasteiger partial charge on any atom is 0.261 e. The largest absolute Gasteiger partial charge is 0.356 e. The van der Waals surface area contributed by atoms with Crippen molar-refractivity contribution in [2.75, 3.05) is 27.2 Å². The van der Waals surface area contributed by atoms with Crippen molar-refractivity contribution in [3.05, 3.63) is 26.6 Å². The van der Waals surface area contributed by atoms with E-state index in [9.17, 15) is 14.4 Å². The van der Waals surface area contributed by atoms with Crippen LogP contribution < -0.4 is 16.2 Å². The first kappa shape index (κ1) is 19.1. The molecule has 2 amide bonds. The van der Waals surface area contributed by atoms with Crippen LogP contribution in [-0.4, -0.2) is 53.9 Å². The Morgan fingerprint density at radius 1 is 1.24 bits per heavy atom.